The van der Waals surface area contributed by atoms with E-state index in [1.165, 1.54) is 25.1 Å². The standard InChI is InChI=1S/C13H17ClN2/c14-11-3-1-2-4-13(11)16-8-6-10-5-7-15-12(10)9-16/h1-4,10,12,15H,5-9H2. The first-order chi connectivity index (χ1) is 7.84. The number of benzene rings is 1. The van der Waals surface area contributed by atoms with Crippen LogP contribution in [0.3, 0.4) is 0 Å². The normalized spacial score (nSPS) is 29.2. The van der Waals surface area contributed by atoms with Crippen LogP contribution in [0.25, 0.3) is 0 Å². The number of hydrogen-bond donors (Lipinski definition) is 1. The molecule has 2 fully saturated rings. The molecule has 86 valence electrons. The second kappa shape index (κ2) is 4.27. The summed E-state index contributed by atoms with van der Waals surface area (Å²) in [5.74, 6) is 0.888. The van der Waals surface area contributed by atoms with Crippen molar-refractivity contribution in [2.75, 3.05) is 24.5 Å². The summed E-state index contributed by atoms with van der Waals surface area (Å²) < 4.78 is 0. The lowest BCUT2D eigenvalue weighted by Crippen LogP contribution is -2.46. The van der Waals surface area contributed by atoms with Crippen LogP contribution in [0.1, 0.15) is 12.8 Å². The summed E-state index contributed by atoms with van der Waals surface area (Å²) in [7, 11) is 0. The average molecular weight is 237 g/mol. The van der Waals surface area contributed by atoms with Gasteiger partial charge in [-0.1, -0.05) is 23.7 Å². The third-order valence-corrected chi connectivity index (χ3v) is 4.19. The zero-order valence-corrected chi connectivity index (χ0v) is 10.1. The number of nitrogens with one attached hydrogen (secondary N) is 1. The summed E-state index contributed by atoms with van der Waals surface area (Å²) >= 11 is 6.24. The molecule has 3 rings (SSSR count). The van der Waals surface area contributed by atoms with Crippen LogP contribution in [0.15, 0.2) is 24.3 Å². The number of halogens is 1. The Hall–Kier alpha value is -0.730. The van der Waals surface area contributed by atoms with Crippen molar-refractivity contribution in [3.05, 3.63) is 29.3 Å². The highest BCUT2D eigenvalue weighted by atomic mass is 35.5. The van der Waals surface area contributed by atoms with Gasteiger partial charge in [0, 0.05) is 19.1 Å². The van der Waals surface area contributed by atoms with Gasteiger partial charge in [0.2, 0.25) is 0 Å². The Bertz CT molecular complexity index is 380. The Balaban J connectivity index is 1.79. The zero-order chi connectivity index (χ0) is 11.0. The molecule has 0 aromatic heterocycles. The van der Waals surface area contributed by atoms with E-state index in [-0.39, 0.29) is 0 Å². The van der Waals surface area contributed by atoms with Crippen molar-refractivity contribution in [3.8, 4) is 0 Å². The number of para-hydroxylation sites is 1. The zero-order valence-electron chi connectivity index (χ0n) is 9.32. The fourth-order valence-electron chi connectivity index (χ4n) is 2.96. The molecule has 2 saturated heterocycles. The van der Waals surface area contributed by atoms with Crippen molar-refractivity contribution in [1.82, 2.24) is 5.32 Å². The van der Waals surface area contributed by atoms with Gasteiger partial charge in [0.05, 0.1) is 10.7 Å². The monoisotopic (exact) mass is 236 g/mol. The number of piperidine rings is 1. The highest BCUT2D eigenvalue weighted by molar-refractivity contribution is 6.33. The second-order valence-electron chi connectivity index (χ2n) is 4.80. The van der Waals surface area contributed by atoms with Gasteiger partial charge in [-0.3, -0.25) is 0 Å². The molecule has 0 bridgehead atoms. The molecule has 3 heteroatoms. The number of nitrogens with zero attached hydrogens (tertiary/aromatic N) is 1. The van der Waals surface area contributed by atoms with E-state index in [0.29, 0.717) is 6.04 Å². The Morgan fingerprint density at radius 2 is 2.12 bits per heavy atom. The van der Waals surface area contributed by atoms with E-state index in [4.69, 9.17) is 11.6 Å². The molecule has 2 heterocycles. The maximum atomic E-state index is 6.24. The number of hydrogen-bond acceptors (Lipinski definition) is 2. The molecule has 2 aliphatic heterocycles. The number of fused-ring (bicyclic) bond motifs is 1. The third-order valence-electron chi connectivity index (χ3n) is 3.87. The van der Waals surface area contributed by atoms with Gasteiger partial charge in [-0.25, -0.2) is 0 Å². The van der Waals surface area contributed by atoms with E-state index >= 15 is 0 Å². The quantitative estimate of drug-likeness (QED) is 0.806. The summed E-state index contributed by atoms with van der Waals surface area (Å²) in [5, 5.41) is 4.47. The van der Waals surface area contributed by atoms with E-state index in [2.05, 4.69) is 22.3 Å². The molecule has 1 aromatic carbocycles. The molecule has 0 saturated carbocycles. The first-order valence-corrected chi connectivity index (χ1v) is 6.45. The van der Waals surface area contributed by atoms with Crippen LogP contribution >= 0.6 is 11.6 Å². The van der Waals surface area contributed by atoms with E-state index in [1.54, 1.807) is 0 Å². The Morgan fingerprint density at radius 3 is 3.00 bits per heavy atom. The molecule has 1 aromatic rings. The van der Waals surface area contributed by atoms with Crippen molar-refractivity contribution in [2.45, 2.75) is 18.9 Å². The van der Waals surface area contributed by atoms with Crippen LogP contribution in [-0.4, -0.2) is 25.7 Å². The number of anilines is 1. The van der Waals surface area contributed by atoms with Crippen LogP contribution in [0.4, 0.5) is 5.69 Å². The summed E-state index contributed by atoms with van der Waals surface area (Å²) in [6.07, 6.45) is 2.64. The van der Waals surface area contributed by atoms with Crippen molar-refractivity contribution < 1.29 is 0 Å². The molecule has 1 N–H and O–H groups in total. The number of rotatable bonds is 1. The van der Waals surface area contributed by atoms with Crippen molar-refractivity contribution in [3.63, 3.8) is 0 Å². The molecule has 0 spiro atoms. The van der Waals surface area contributed by atoms with Gasteiger partial charge >= 0.3 is 0 Å². The lowest BCUT2D eigenvalue weighted by Gasteiger charge is -2.36. The van der Waals surface area contributed by atoms with Gasteiger partial charge in [0.15, 0.2) is 0 Å². The van der Waals surface area contributed by atoms with E-state index < -0.39 is 0 Å². The fraction of sp³-hybridized carbons (Fsp3) is 0.538. The first-order valence-electron chi connectivity index (χ1n) is 6.07. The van der Waals surface area contributed by atoms with Gasteiger partial charge in [0.25, 0.3) is 0 Å². The van der Waals surface area contributed by atoms with Crippen LogP contribution < -0.4 is 10.2 Å². The van der Waals surface area contributed by atoms with Crippen molar-refractivity contribution in [1.29, 1.82) is 0 Å². The first kappa shape index (κ1) is 10.4. The van der Waals surface area contributed by atoms with E-state index in [0.717, 1.165) is 24.0 Å². The molecule has 2 unspecified atom stereocenters. The van der Waals surface area contributed by atoms with Gasteiger partial charge in [-0.05, 0) is 37.4 Å². The highest BCUT2D eigenvalue weighted by Gasteiger charge is 2.32. The van der Waals surface area contributed by atoms with Crippen LogP contribution in [0.5, 0.6) is 0 Å². The largest absolute Gasteiger partial charge is 0.369 e. The molecule has 16 heavy (non-hydrogen) atoms. The second-order valence-corrected chi connectivity index (χ2v) is 5.20. The smallest absolute Gasteiger partial charge is 0.0639 e. The molecule has 2 nitrogen and oxygen atoms in total. The van der Waals surface area contributed by atoms with Crippen LogP contribution in [0, 0.1) is 5.92 Å². The van der Waals surface area contributed by atoms with E-state index in [9.17, 15) is 0 Å². The van der Waals surface area contributed by atoms with Gasteiger partial charge in [-0.2, -0.15) is 0 Å². The minimum atomic E-state index is 0.671. The molecule has 0 aliphatic carbocycles. The summed E-state index contributed by atoms with van der Waals surface area (Å²) in [5.41, 5.74) is 1.19. The predicted octanol–water partition coefficient (Wildman–Crippen LogP) is 2.53. The van der Waals surface area contributed by atoms with Gasteiger partial charge in [0.1, 0.15) is 0 Å². The predicted molar refractivity (Wildman–Crippen MR) is 68.2 cm³/mol. The molecule has 0 radical (unpaired) electrons. The fourth-order valence-corrected chi connectivity index (χ4v) is 3.21. The summed E-state index contributed by atoms with van der Waals surface area (Å²) in [6.45, 7) is 3.44. The lowest BCUT2D eigenvalue weighted by molar-refractivity contribution is 0.374. The van der Waals surface area contributed by atoms with Crippen LogP contribution in [0.2, 0.25) is 5.02 Å². The highest BCUT2D eigenvalue weighted by Crippen LogP contribution is 2.31. The maximum Gasteiger partial charge on any atom is 0.0639 e. The molecule has 0 amide bonds. The third kappa shape index (κ3) is 1.80. The minimum Gasteiger partial charge on any atom is -0.369 e. The van der Waals surface area contributed by atoms with Crippen molar-refractivity contribution in [2.24, 2.45) is 5.92 Å². The molecular formula is C13H17ClN2. The van der Waals surface area contributed by atoms with E-state index in [1.807, 2.05) is 12.1 Å². The Kier molecular flexibility index (Phi) is 2.78. The summed E-state index contributed by atoms with van der Waals surface area (Å²) in [6, 6.07) is 8.83. The van der Waals surface area contributed by atoms with Gasteiger partial charge < -0.3 is 10.2 Å². The van der Waals surface area contributed by atoms with Crippen LogP contribution in [-0.2, 0) is 0 Å². The molecule has 2 aliphatic rings. The SMILES string of the molecule is Clc1ccccc1N1CCC2CCNC2C1. The Morgan fingerprint density at radius 1 is 1.25 bits per heavy atom. The Labute approximate surface area is 102 Å². The molecular weight excluding hydrogens is 220 g/mol. The molecule has 2 atom stereocenters. The lowest BCUT2D eigenvalue weighted by atomic mass is 9.92. The van der Waals surface area contributed by atoms with Gasteiger partial charge in [-0.15, -0.1) is 0 Å². The minimum absolute atomic E-state index is 0.671. The topological polar surface area (TPSA) is 15.3 Å². The van der Waals surface area contributed by atoms with Crippen molar-refractivity contribution >= 4 is 17.3 Å². The average Bonchev–Trinajstić information content (AvgIpc) is 2.76. The summed E-state index contributed by atoms with van der Waals surface area (Å²) in [4.78, 5) is 2.42. The maximum absolute atomic E-state index is 6.24.